The van der Waals surface area contributed by atoms with Crippen LogP contribution >= 0.6 is 11.3 Å². The Kier molecular flexibility index (Phi) is 3.59. The lowest BCUT2D eigenvalue weighted by Gasteiger charge is -2.17. The van der Waals surface area contributed by atoms with E-state index in [0.29, 0.717) is 0 Å². The van der Waals surface area contributed by atoms with Crippen LogP contribution in [0.15, 0.2) is 16.7 Å². The molecule has 0 saturated carbocycles. The van der Waals surface area contributed by atoms with E-state index in [-0.39, 0.29) is 5.41 Å². The number of hydrogen-bond acceptors (Lipinski definition) is 4. The molecule has 2 aromatic heterocycles. The number of rotatable bonds is 3. The second-order valence-electron chi connectivity index (χ2n) is 5.50. The van der Waals surface area contributed by atoms with Gasteiger partial charge in [-0.05, 0) is 25.6 Å². The van der Waals surface area contributed by atoms with Crippen LogP contribution in [0, 0.1) is 6.92 Å². The van der Waals surface area contributed by atoms with Crippen molar-refractivity contribution in [2.75, 3.05) is 7.05 Å². The fourth-order valence-electron chi connectivity index (χ4n) is 1.91. The molecule has 4 heteroatoms. The van der Waals surface area contributed by atoms with Gasteiger partial charge in [-0.2, -0.15) is 0 Å². The van der Waals surface area contributed by atoms with Gasteiger partial charge in [0.2, 0.25) is 0 Å². The lowest BCUT2D eigenvalue weighted by molar-refractivity contribution is 0.559. The number of nitrogens with one attached hydrogen (secondary N) is 1. The molecule has 2 aromatic rings. The molecule has 0 aliphatic carbocycles. The Hall–Kier alpha value is -1.13. The second kappa shape index (κ2) is 4.86. The summed E-state index contributed by atoms with van der Waals surface area (Å²) in [6.45, 7) is 9.48. The second-order valence-corrected chi connectivity index (χ2v) is 6.59. The Balaban J connectivity index is 2.49. The first-order chi connectivity index (χ1) is 8.43. The predicted molar refractivity (Wildman–Crippen MR) is 76.0 cm³/mol. The van der Waals surface area contributed by atoms with E-state index in [4.69, 9.17) is 9.40 Å². The van der Waals surface area contributed by atoms with Gasteiger partial charge in [-0.1, -0.05) is 20.8 Å². The first-order valence-electron chi connectivity index (χ1n) is 6.12. The fraction of sp³-hybridized carbons (Fsp3) is 0.500. The summed E-state index contributed by atoms with van der Waals surface area (Å²) in [5, 5.41) is 4.19. The Bertz CT molecular complexity index is 534. The van der Waals surface area contributed by atoms with E-state index < -0.39 is 0 Å². The van der Waals surface area contributed by atoms with E-state index in [1.54, 1.807) is 17.6 Å². The van der Waals surface area contributed by atoms with Gasteiger partial charge in [-0.15, -0.1) is 11.3 Å². The highest BCUT2D eigenvalue weighted by Crippen LogP contribution is 2.35. The summed E-state index contributed by atoms with van der Waals surface area (Å²) in [4.78, 5) is 6.08. The van der Waals surface area contributed by atoms with Crippen molar-refractivity contribution in [2.45, 2.75) is 39.7 Å². The smallest absolute Gasteiger partial charge is 0.165 e. The monoisotopic (exact) mass is 264 g/mol. The molecule has 0 bridgehead atoms. The van der Waals surface area contributed by atoms with Crippen molar-refractivity contribution in [3.63, 3.8) is 0 Å². The van der Waals surface area contributed by atoms with Crippen molar-refractivity contribution in [3.05, 3.63) is 28.5 Å². The summed E-state index contributed by atoms with van der Waals surface area (Å²) in [6, 6.07) is 1.98. The molecule has 0 unspecified atom stereocenters. The summed E-state index contributed by atoms with van der Waals surface area (Å²) in [7, 11) is 1.96. The molecule has 1 N–H and O–H groups in total. The Labute approximate surface area is 112 Å². The van der Waals surface area contributed by atoms with E-state index in [1.807, 2.05) is 13.1 Å². The van der Waals surface area contributed by atoms with Gasteiger partial charge in [0, 0.05) is 16.8 Å². The highest BCUT2D eigenvalue weighted by Gasteiger charge is 2.24. The van der Waals surface area contributed by atoms with Crippen LogP contribution in [0.3, 0.4) is 0 Å². The Morgan fingerprint density at radius 2 is 2.11 bits per heavy atom. The van der Waals surface area contributed by atoms with Gasteiger partial charge in [-0.25, -0.2) is 4.98 Å². The van der Waals surface area contributed by atoms with Crippen LogP contribution in [0.25, 0.3) is 10.8 Å². The molecule has 0 amide bonds. The van der Waals surface area contributed by atoms with Crippen molar-refractivity contribution >= 4 is 11.3 Å². The van der Waals surface area contributed by atoms with Gasteiger partial charge in [-0.3, -0.25) is 0 Å². The number of aromatic nitrogens is 1. The van der Waals surface area contributed by atoms with E-state index in [9.17, 15) is 0 Å². The molecule has 3 nitrogen and oxygen atoms in total. The van der Waals surface area contributed by atoms with E-state index in [1.165, 1.54) is 4.88 Å². The zero-order valence-corrected chi connectivity index (χ0v) is 12.4. The average Bonchev–Trinajstić information content (AvgIpc) is 2.83. The van der Waals surface area contributed by atoms with Crippen LogP contribution in [0.5, 0.6) is 0 Å². The lowest BCUT2D eigenvalue weighted by Crippen LogP contribution is -2.16. The molecule has 2 heterocycles. The molecule has 0 aliphatic rings. The quantitative estimate of drug-likeness (QED) is 0.918. The number of thiazole rings is 1. The maximum absolute atomic E-state index is 5.54. The van der Waals surface area contributed by atoms with Crippen molar-refractivity contribution in [2.24, 2.45) is 0 Å². The van der Waals surface area contributed by atoms with Crippen molar-refractivity contribution < 1.29 is 4.42 Å². The van der Waals surface area contributed by atoms with E-state index >= 15 is 0 Å². The van der Waals surface area contributed by atoms with Crippen LogP contribution in [0.1, 0.15) is 36.9 Å². The van der Waals surface area contributed by atoms with Crippen LogP contribution in [-0.2, 0) is 12.0 Å². The molecule has 0 saturated heterocycles. The minimum absolute atomic E-state index is 0.0570. The van der Waals surface area contributed by atoms with E-state index in [2.05, 4.69) is 33.0 Å². The summed E-state index contributed by atoms with van der Waals surface area (Å²) in [6.07, 6.45) is 1.72. The third-order valence-electron chi connectivity index (χ3n) is 2.80. The van der Waals surface area contributed by atoms with Gasteiger partial charge < -0.3 is 9.73 Å². The molecule has 18 heavy (non-hydrogen) atoms. The van der Waals surface area contributed by atoms with E-state index in [0.717, 1.165) is 28.6 Å². The third kappa shape index (κ3) is 2.49. The molecule has 2 rings (SSSR count). The van der Waals surface area contributed by atoms with Gasteiger partial charge in [0.25, 0.3) is 0 Å². The van der Waals surface area contributed by atoms with Crippen molar-refractivity contribution in [1.82, 2.24) is 10.3 Å². The molecule has 0 radical (unpaired) electrons. The van der Waals surface area contributed by atoms with Crippen LogP contribution in [0.4, 0.5) is 0 Å². The first kappa shape index (κ1) is 13.3. The highest BCUT2D eigenvalue weighted by atomic mass is 32.1. The summed E-state index contributed by atoms with van der Waals surface area (Å²) in [5.74, 6) is 0.896. The van der Waals surface area contributed by atoms with Crippen LogP contribution in [0.2, 0.25) is 0 Å². The summed E-state index contributed by atoms with van der Waals surface area (Å²) in [5.41, 5.74) is 2.36. The SMILES string of the molecule is CNCc1sc(-c2occc2C)nc1C(C)(C)C. The molecule has 98 valence electrons. The van der Waals surface area contributed by atoms with Crippen molar-refractivity contribution in [1.29, 1.82) is 0 Å². The van der Waals surface area contributed by atoms with Gasteiger partial charge in [0.05, 0.1) is 12.0 Å². The molecule has 0 atom stereocenters. The minimum Gasteiger partial charge on any atom is -0.462 e. The summed E-state index contributed by atoms with van der Waals surface area (Å²) < 4.78 is 5.54. The van der Waals surface area contributed by atoms with Crippen LogP contribution < -0.4 is 5.32 Å². The molecule has 0 spiro atoms. The third-order valence-corrected chi connectivity index (χ3v) is 3.86. The molecule has 0 aromatic carbocycles. The fourth-order valence-corrected chi connectivity index (χ4v) is 3.24. The van der Waals surface area contributed by atoms with Gasteiger partial charge in [0.1, 0.15) is 0 Å². The largest absolute Gasteiger partial charge is 0.462 e. The lowest BCUT2D eigenvalue weighted by atomic mass is 9.91. The zero-order chi connectivity index (χ0) is 13.3. The number of aryl methyl sites for hydroxylation is 1. The highest BCUT2D eigenvalue weighted by molar-refractivity contribution is 7.15. The zero-order valence-electron chi connectivity index (χ0n) is 11.6. The maximum Gasteiger partial charge on any atom is 0.165 e. The Morgan fingerprint density at radius 1 is 1.39 bits per heavy atom. The Morgan fingerprint density at radius 3 is 2.61 bits per heavy atom. The topological polar surface area (TPSA) is 38.1 Å². The number of hydrogen-bond donors (Lipinski definition) is 1. The normalized spacial score (nSPS) is 12.1. The van der Waals surface area contributed by atoms with Crippen LogP contribution in [-0.4, -0.2) is 12.0 Å². The molecule has 0 fully saturated rings. The number of furan rings is 1. The summed E-state index contributed by atoms with van der Waals surface area (Å²) >= 11 is 1.72. The number of nitrogens with zero attached hydrogens (tertiary/aromatic N) is 1. The molecular formula is C14H20N2OS. The molecular weight excluding hydrogens is 244 g/mol. The molecule has 0 aliphatic heterocycles. The maximum atomic E-state index is 5.54. The van der Waals surface area contributed by atoms with Gasteiger partial charge >= 0.3 is 0 Å². The minimum atomic E-state index is 0.0570. The van der Waals surface area contributed by atoms with Crippen molar-refractivity contribution in [3.8, 4) is 10.8 Å². The average molecular weight is 264 g/mol. The first-order valence-corrected chi connectivity index (χ1v) is 6.94. The standard InChI is InChI=1S/C14H20N2OS/c1-9-6-7-17-11(9)13-16-12(14(2,3)4)10(18-13)8-15-5/h6-7,15H,8H2,1-5H3. The predicted octanol–water partition coefficient (Wildman–Crippen LogP) is 3.73. The van der Waals surface area contributed by atoms with Gasteiger partial charge in [0.15, 0.2) is 10.8 Å².